The van der Waals surface area contributed by atoms with Crippen LogP contribution in [-0.4, -0.2) is 16.5 Å². The number of aryl methyl sites for hydroxylation is 1. The van der Waals surface area contributed by atoms with Crippen molar-refractivity contribution in [2.24, 2.45) is 0 Å². The standard InChI is InChI=1S/C17H17N3O/c1-3-18-16-11-14(13-7-5-4-6-8-13)19-17(20-16)15-10-9-12(2)21-15/h4-11H,3H2,1-2H3,(H,18,19,20). The average Bonchev–Trinajstić information content (AvgIpc) is 2.95. The first-order chi connectivity index (χ1) is 10.3. The van der Waals surface area contributed by atoms with E-state index in [2.05, 4.69) is 15.3 Å². The number of rotatable bonds is 4. The van der Waals surface area contributed by atoms with E-state index in [1.165, 1.54) is 0 Å². The summed E-state index contributed by atoms with van der Waals surface area (Å²) in [6, 6.07) is 15.8. The molecule has 4 heteroatoms. The summed E-state index contributed by atoms with van der Waals surface area (Å²) in [5, 5.41) is 3.24. The fourth-order valence-electron chi connectivity index (χ4n) is 2.14. The summed E-state index contributed by atoms with van der Waals surface area (Å²) in [4.78, 5) is 9.14. The van der Waals surface area contributed by atoms with E-state index in [9.17, 15) is 0 Å². The Kier molecular flexibility index (Phi) is 3.69. The van der Waals surface area contributed by atoms with Gasteiger partial charge < -0.3 is 9.73 Å². The minimum absolute atomic E-state index is 0.598. The Hall–Kier alpha value is -2.62. The molecule has 0 radical (unpaired) electrons. The Morgan fingerprint density at radius 1 is 1.05 bits per heavy atom. The van der Waals surface area contributed by atoms with Gasteiger partial charge in [0.15, 0.2) is 11.6 Å². The number of nitrogens with zero attached hydrogens (tertiary/aromatic N) is 2. The summed E-state index contributed by atoms with van der Waals surface area (Å²) in [6.07, 6.45) is 0. The molecule has 2 aromatic heterocycles. The van der Waals surface area contributed by atoms with E-state index in [1.807, 2.05) is 62.4 Å². The Morgan fingerprint density at radius 3 is 2.52 bits per heavy atom. The summed E-state index contributed by atoms with van der Waals surface area (Å²) < 4.78 is 5.64. The van der Waals surface area contributed by atoms with Gasteiger partial charge in [0.25, 0.3) is 0 Å². The molecule has 4 nitrogen and oxygen atoms in total. The van der Waals surface area contributed by atoms with E-state index in [0.717, 1.165) is 29.4 Å². The molecule has 0 bridgehead atoms. The van der Waals surface area contributed by atoms with Gasteiger partial charge in [0.1, 0.15) is 11.6 Å². The van der Waals surface area contributed by atoms with Crippen LogP contribution in [0.1, 0.15) is 12.7 Å². The molecule has 0 unspecified atom stereocenters. The van der Waals surface area contributed by atoms with Gasteiger partial charge in [0, 0.05) is 18.2 Å². The van der Waals surface area contributed by atoms with Gasteiger partial charge in [-0.1, -0.05) is 30.3 Å². The Bertz CT molecular complexity index is 735. The van der Waals surface area contributed by atoms with Crippen molar-refractivity contribution in [3.8, 4) is 22.8 Å². The highest BCUT2D eigenvalue weighted by atomic mass is 16.3. The number of hydrogen-bond acceptors (Lipinski definition) is 4. The van der Waals surface area contributed by atoms with E-state index in [1.54, 1.807) is 0 Å². The lowest BCUT2D eigenvalue weighted by molar-refractivity contribution is 0.544. The third-order valence-electron chi connectivity index (χ3n) is 3.11. The largest absolute Gasteiger partial charge is 0.458 e. The van der Waals surface area contributed by atoms with Crippen molar-refractivity contribution in [1.82, 2.24) is 9.97 Å². The van der Waals surface area contributed by atoms with E-state index in [0.29, 0.717) is 11.6 Å². The van der Waals surface area contributed by atoms with Crippen molar-refractivity contribution in [2.75, 3.05) is 11.9 Å². The quantitative estimate of drug-likeness (QED) is 0.779. The van der Waals surface area contributed by atoms with Gasteiger partial charge in [-0.3, -0.25) is 0 Å². The highest BCUT2D eigenvalue weighted by Crippen LogP contribution is 2.25. The normalized spacial score (nSPS) is 10.6. The number of benzene rings is 1. The molecule has 21 heavy (non-hydrogen) atoms. The molecule has 0 spiro atoms. The van der Waals surface area contributed by atoms with Gasteiger partial charge in [-0.25, -0.2) is 9.97 Å². The predicted molar refractivity (Wildman–Crippen MR) is 84.1 cm³/mol. The van der Waals surface area contributed by atoms with Crippen LogP contribution in [0.25, 0.3) is 22.8 Å². The summed E-state index contributed by atoms with van der Waals surface area (Å²) in [6.45, 7) is 4.76. The summed E-state index contributed by atoms with van der Waals surface area (Å²) >= 11 is 0. The molecule has 1 aromatic carbocycles. The van der Waals surface area contributed by atoms with Crippen molar-refractivity contribution < 1.29 is 4.42 Å². The van der Waals surface area contributed by atoms with Crippen molar-refractivity contribution in [1.29, 1.82) is 0 Å². The molecule has 1 N–H and O–H groups in total. The lowest BCUT2D eigenvalue weighted by atomic mass is 10.1. The van der Waals surface area contributed by atoms with Gasteiger partial charge in [0.2, 0.25) is 0 Å². The molecule has 0 aliphatic rings. The maximum Gasteiger partial charge on any atom is 0.198 e. The molecule has 2 heterocycles. The van der Waals surface area contributed by atoms with Gasteiger partial charge in [-0.2, -0.15) is 0 Å². The maximum atomic E-state index is 5.64. The monoisotopic (exact) mass is 279 g/mol. The number of aromatic nitrogens is 2. The van der Waals surface area contributed by atoms with Gasteiger partial charge in [0.05, 0.1) is 5.69 Å². The predicted octanol–water partition coefficient (Wildman–Crippen LogP) is 4.14. The first kappa shape index (κ1) is 13.4. The van der Waals surface area contributed by atoms with Crippen LogP contribution in [-0.2, 0) is 0 Å². The van der Waals surface area contributed by atoms with Crippen LogP contribution in [0.3, 0.4) is 0 Å². The first-order valence-corrected chi connectivity index (χ1v) is 7.01. The molecule has 0 aliphatic heterocycles. The zero-order valence-corrected chi connectivity index (χ0v) is 12.1. The van der Waals surface area contributed by atoms with Crippen molar-refractivity contribution in [3.63, 3.8) is 0 Å². The van der Waals surface area contributed by atoms with Crippen LogP contribution in [0.5, 0.6) is 0 Å². The van der Waals surface area contributed by atoms with Crippen LogP contribution in [0.15, 0.2) is 52.9 Å². The summed E-state index contributed by atoms with van der Waals surface area (Å²) in [5.41, 5.74) is 1.94. The van der Waals surface area contributed by atoms with E-state index < -0.39 is 0 Å². The molecular formula is C17H17N3O. The third kappa shape index (κ3) is 2.94. The molecular weight excluding hydrogens is 262 g/mol. The summed E-state index contributed by atoms with van der Waals surface area (Å²) in [5.74, 6) is 2.93. The molecule has 3 aromatic rings. The second-order valence-electron chi connectivity index (χ2n) is 4.77. The molecule has 0 saturated carbocycles. The van der Waals surface area contributed by atoms with Crippen molar-refractivity contribution >= 4 is 5.82 Å². The average molecular weight is 279 g/mol. The third-order valence-corrected chi connectivity index (χ3v) is 3.11. The minimum Gasteiger partial charge on any atom is -0.458 e. The van der Waals surface area contributed by atoms with E-state index >= 15 is 0 Å². The van der Waals surface area contributed by atoms with Gasteiger partial charge in [-0.15, -0.1) is 0 Å². The molecule has 0 aliphatic carbocycles. The Labute approximate surface area is 123 Å². The minimum atomic E-state index is 0.598. The van der Waals surface area contributed by atoms with Crippen LogP contribution in [0, 0.1) is 6.92 Å². The number of anilines is 1. The number of furan rings is 1. The smallest absolute Gasteiger partial charge is 0.198 e. The molecule has 0 amide bonds. The second-order valence-corrected chi connectivity index (χ2v) is 4.77. The zero-order chi connectivity index (χ0) is 14.7. The lowest BCUT2D eigenvalue weighted by Gasteiger charge is -2.08. The molecule has 106 valence electrons. The highest BCUT2D eigenvalue weighted by molar-refractivity contribution is 5.65. The Morgan fingerprint density at radius 2 is 1.86 bits per heavy atom. The number of hydrogen-bond donors (Lipinski definition) is 1. The zero-order valence-electron chi connectivity index (χ0n) is 12.1. The fraction of sp³-hybridized carbons (Fsp3) is 0.176. The van der Waals surface area contributed by atoms with Gasteiger partial charge >= 0.3 is 0 Å². The Balaban J connectivity index is 2.10. The van der Waals surface area contributed by atoms with Crippen LogP contribution in [0.2, 0.25) is 0 Å². The molecule has 0 fully saturated rings. The first-order valence-electron chi connectivity index (χ1n) is 7.01. The van der Waals surface area contributed by atoms with Gasteiger partial charge in [-0.05, 0) is 26.0 Å². The van der Waals surface area contributed by atoms with Crippen molar-refractivity contribution in [3.05, 3.63) is 54.3 Å². The molecule has 0 atom stereocenters. The molecule has 3 rings (SSSR count). The van der Waals surface area contributed by atoms with E-state index in [-0.39, 0.29) is 0 Å². The lowest BCUT2D eigenvalue weighted by Crippen LogP contribution is -2.02. The number of nitrogens with one attached hydrogen (secondary N) is 1. The summed E-state index contributed by atoms with van der Waals surface area (Å²) in [7, 11) is 0. The van der Waals surface area contributed by atoms with Crippen LogP contribution >= 0.6 is 0 Å². The van der Waals surface area contributed by atoms with Crippen molar-refractivity contribution in [2.45, 2.75) is 13.8 Å². The second kappa shape index (κ2) is 5.79. The topological polar surface area (TPSA) is 51.0 Å². The molecule has 0 saturated heterocycles. The SMILES string of the molecule is CCNc1cc(-c2ccccc2)nc(-c2ccc(C)o2)n1. The fourth-order valence-corrected chi connectivity index (χ4v) is 2.14. The van der Waals surface area contributed by atoms with E-state index in [4.69, 9.17) is 4.42 Å². The maximum absolute atomic E-state index is 5.64. The highest BCUT2D eigenvalue weighted by Gasteiger charge is 2.11. The van der Waals surface area contributed by atoms with Crippen LogP contribution < -0.4 is 5.32 Å². The van der Waals surface area contributed by atoms with Crippen LogP contribution in [0.4, 0.5) is 5.82 Å².